The maximum absolute atomic E-state index is 12.5. The van der Waals surface area contributed by atoms with Crippen LogP contribution in [0.2, 0.25) is 10.0 Å². The lowest BCUT2D eigenvalue weighted by Gasteiger charge is -2.12. The van der Waals surface area contributed by atoms with Crippen molar-refractivity contribution in [2.24, 2.45) is 0 Å². The van der Waals surface area contributed by atoms with E-state index >= 15 is 0 Å². The Labute approximate surface area is 226 Å². The molecule has 0 radical (unpaired) electrons. The highest BCUT2D eigenvalue weighted by Gasteiger charge is 2.14. The number of carbonyl (C=O) groups is 1. The summed E-state index contributed by atoms with van der Waals surface area (Å²) in [6.45, 7) is 0.260. The molecule has 1 amide bonds. The van der Waals surface area contributed by atoms with Crippen molar-refractivity contribution in [1.82, 2.24) is 0 Å². The fourth-order valence-corrected chi connectivity index (χ4v) is 4.89. The summed E-state index contributed by atoms with van der Waals surface area (Å²) in [5.74, 6) is -0.0996. The van der Waals surface area contributed by atoms with E-state index in [1.165, 1.54) is 30.3 Å². The molecular weight excluding hydrogens is 660 g/mol. The Kier molecular flexibility index (Phi) is 8.90. The summed E-state index contributed by atoms with van der Waals surface area (Å²) in [6.07, 6.45) is 1.42. The van der Waals surface area contributed by atoms with E-state index in [9.17, 15) is 20.2 Å². The summed E-state index contributed by atoms with van der Waals surface area (Å²) in [5, 5.41) is 23.8. The molecule has 3 aromatic carbocycles. The molecule has 0 aliphatic rings. The van der Waals surface area contributed by atoms with Gasteiger partial charge < -0.3 is 10.1 Å². The van der Waals surface area contributed by atoms with Gasteiger partial charge in [-0.1, -0.05) is 35.3 Å². The molecule has 0 aliphatic carbocycles. The molecule has 172 valence electrons. The second-order valence-corrected chi connectivity index (χ2v) is 9.61. The molecule has 34 heavy (non-hydrogen) atoms. The van der Waals surface area contributed by atoms with Gasteiger partial charge in [0.05, 0.1) is 23.0 Å². The van der Waals surface area contributed by atoms with E-state index in [4.69, 9.17) is 27.9 Å². The number of halogens is 4. The van der Waals surface area contributed by atoms with Gasteiger partial charge in [0, 0.05) is 17.8 Å². The molecule has 0 fully saturated rings. The van der Waals surface area contributed by atoms with E-state index in [2.05, 4.69) is 43.8 Å². The average molecular weight is 673 g/mol. The van der Waals surface area contributed by atoms with Crippen molar-refractivity contribution in [3.05, 3.63) is 99.5 Å². The monoisotopic (exact) mass is 671 g/mol. The zero-order valence-electron chi connectivity index (χ0n) is 17.0. The van der Waals surface area contributed by atoms with Gasteiger partial charge in [0.25, 0.3) is 11.6 Å². The largest absolute Gasteiger partial charge is 0.487 e. The molecule has 0 saturated heterocycles. The number of hydrogen-bond donors (Lipinski definition) is 1. The number of non-ortho nitro benzene ring substituents is 1. The number of hydrogen-bond acceptors (Lipinski definition) is 5. The summed E-state index contributed by atoms with van der Waals surface area (Å²) >= 11 is 17.5. The van der Waals surface area contributed by atoms with Crippen molar-refractivity contribution in [1.29, 1.82) is 5.26 Å². The number of amides is 1. The predicted molar refractivity (Wildman–Crippen MR) is 143 cm³/mol. The van der Waals surface area contributed by atoms with E-state index in [1.807, 2.05) is 12.1 Å². The standard InChI is InChI=1S/C23H13BrCl2IN3O4/c24-18-7-14(9-21(27)22(18)34-12-13-4-5-19(25)20(26)8-13)6-15(11-28)23(31)29-16-2-1-3-17(10-16)30(32)33/h1-10H,12H2,(H,29,31)/b15-6+. The summed E-state index contributed by atoms with van der Waals surface area (Å²) in [6, 6.07) is 16.0. The lowest BCUT2D eigenvalue weighted by molar-refractivity contribution is -0.384. The topological polar surface area (TPSA) is 105 Å². The Morgan fingerprint density at radius 1 is 1.21 bits per heavy atom. The molecule has 0 spiro atoms. The molecule has 0 heterocycles. The van der Waals surface area contributed by atoms with Gasteiger partial charge in [-0.3, -0.25) is 14.9 Å². The second kappa shape index (κ2) is 11.7. The first-order valence-corrected chi connectivity index (χ1v) is 12.0. The second-order valence-electron chi connectivity index (χ2n) is 6.78. The van der Waals surface area contributed by atoms with Crippen LogP contribution >= 0.6 is 61.7 Å². The summed E-state index contributed by atoms with van der Waals surface area (Å²) in [7, 11) is 0. The number of carbonyl (C=O) groups excluding carboxylic acids is 1. The molecule has 0 bridgehead atoms. The van der Waals surface area contributed by atoms with Crippen LogP contribution in [0.15, 0.2) is 64.6 Å². The summed E-state index contributed by atoms with van der Waals surface area (Å²) in [5.41, 5.74) is 1.30. The van der Waals surface area contributed by atoms with Crippen molar-refractivity contribution in [3.63, 3.8) is 0 Å². The van der Waals surface area contributed by atoms with Crippen LogP contribution in [-0.2, 0) is 11.4 Å². The number of nitro benzene ring substituents is 1. The fourth-order valence-electron chi connectivity index (χ4n) is 2.80. The zero-order chi connectivity index (χ0) is 24.8. The van der Waals surface area contributed by atoms with Gasteiger partial charge in [-0.2, -0.15) is 5.26 Å². The third-order valence-electron chi connectivity index (χ3n) is 4.38. The Morgan fingerprint density at radius 2 is 1.97 bits per heavy atom. The molecule has 0 aliphatic heterocycles. The highest BCUT2D eigenvalue weighted by Crippen LogP contribution is 2.34. The highest BCUT2D eigenvalue weighted by atomic mass is 127. The lowest BCUT2D eigenvalue weighted by atomic mass is 10.1. The third-order valence-corrected chi connectivity index (χ3v) is 6.51. The van der Waals surface area contributed by atoms with Gasteiger partial charge >= 0.3 is 0 Å². The van der Waals surface area contributed by atoms with Gasteiger partial charge in [0.1, 0.15) is 24.0 Å². The zero-order valence-corrected chi connectivity index (χ0v) is 22.3. The number of nitriles is 1. The van der Waals surface area contributed by atoms with Crippen LogP contribution in [-0.4, -0.2) is 10.8 Å². The van der Waals surface area contributed by atoms with E-state index in [1.54, 1.807) is 24.3 Å². The van der Waals surface area contributed by atoms with Gasteiger partial charge in [-0.05, 0) is 86.1 Å². The highest BCUT2D eigenvalue weighted by molar-refractivity contribution is 14.1. The van der Waals surface area contributed by atoms with Crippen LogP contribution in [0.3, 0.4) is 0 Å². The summed E-state index contributed by atoms with van der Waals surface area (Å²) < 4.78 is 7.29. The third kappa shape index (κ3) is 6.70. The minimum absolute atomic E-state index is 0.168. The summed E-state index contributed by atoms with van der Waals surface area (Å²) in [4.78, 5) is 22.9. The number of rotatable bonds is 7. The van der Waals surface area contributed by atoms with Gasteiger partial charge in [0.15, 0.2) is 0 Å². The average Bonchev–Trinajstić information content (AvgIpc) is 2.79. The van der Waals surface area contributed by atoms with E-state index in [0.29, 0.717) is 25.8 Å². The Hall–Kier alpha value is -2.65. The number of nitrogens with one attached hydrogen (secondary N) is 1. The first-order valence-electron chi connectivity index (χ1n) is 9.41. The number of benzene rings is 3. The Bertz CT molecular complexity index is 1340. The van der Waals surface area contributed by atoms with Crippen molar-refractivity contribution >= 4 is 85.1 Å². The van der Waals surface area contributed by atoms with E-state index in [-0.39, 0.29) is 23.6 Å². The van der Waals surface area contributed by atoms with Crippen molar-refractivity contribution < 1.29 is 14.5 Å². The minimum atomic E-state index is -0.686. The maximum Gasteiger partial charge on any atom is 0.271 e. The number of ether oxygens (including phenoxy) is 1. The van der Waals surface area contributed by atoms with Gasteiger partial charge in [-0.25, -0.2) is 0 Å². The Balaban J connectivity index is 1.77. The molecule has 1 N–H and O–H groups in total. The molecule has 3 rings (SSSR count). The van der Waals surface area contributed by atoms with E-state index < -0.39 is 10.8 Å². The first-order chi connectivity index (χ1) is 16.2. The normalized spacial score (nSPS) is 11.0. The van der Waals surface area contributed by atoms with Crippen LogP contribution in [0.5, 0.6) is 5.75 Å². The number of nitro groups is 1. The predicted octanol–water partition coefficient (Wildman–Crippen LogP) is 7.39. The molecule has 3 aromatic rings. The molecule has 0 aromatic heterocycles. The quantitative estimate of drug-likeness (QED) is 0.0927. The number of anilines is 1. The fraction of sp³-hybridized carbons (Fsp3) is 0.0435. The molecule has 0 unspecified atom stereocenters. The molecular formula is C23H13BrCl2IN3O4. The van der Waals surface area contributed by atoms with Crippen LogP contribution in [0.1, 0.15) is 11.1 Å². The van der Waals surface area contributed by atoms with Crippen LogP contribution < -0.4 is 10.1 Å². The van der Waals surface area contributed by atoms with Crippen LogP contribution in [0.4, 0.5) is 11.4 Å². The van der Waals surface area contributed by atoms with E-state index in [0.717, 1.165) is 9.13 Å². The van der Waals surface area contributed by atoms with Crippen molar-refractivity contribution in [2.45, 2.75) is 6.61 Å². The minimum Gasteiger partial charge on any atom is -0.487 e. The molecule has 11 heteroatoms. The van der Waals surface area contributed by atoms with Crippen LogP contribution in [0.25, 0.3) is 6.08 Å². The SMILES string of the molecule is N#C/C(=C\c1cc(Br)c(OCc2ccc(Cl)c(Cl)c2)c(I)c1)C(=O)Nc1cccc([N+](=O)[O-])c1. The Morgan fingerprint density at radius 3 is 2.62 bits per heavy atom. The molecule has 0 atom stereocenters. The van der Waals surface area contributed by atoms with Crippen molar-refractivity contribution in [2.75, 3.05) is 5.32 Å². The smallest absolute Gasteiger partial charge is 0.271 e. The number of nitrogens with zero attached hydrogens (tertiary/aromatic N) is 2. The molecule has 7 nitrogen and oxygen atoms in total. The lowest BCUT2D eigenvalue weighted by Crippen LogP contribution is -2.13. The van der Waals surface area contributed by atoms with Crippen LogP contribution in [0, 0.1) is 25.0 Å². The molecule has 0 saturated carbocycles. The van der Waals surface area contributed by atoms with Crippen molar-refractivity contribution in [3.8, 4) is 11.8 Å². The van der Waals surface area contributed by atoms with Gasteiger partial charge in [-0.15, -0.1) is 0 Å². The van der Waals surface area contributed by atoms with Gasteiger partial charge in [0.2, 0.25) is 0 Å². The first kappa shape index (κ1) is 26.0. The maximum atomic E-state index is 12.5.